The van der Waals surface area contributed by atoms with Crippen molar-refractivity contribution < 1.29 is 13.9 Å². The number of carbonyl (C=O) groups is 1. The lowest BCUT2D eigenvalue weighted by atomic mass is 10.1. The highest BCUT2D eigenvalue weighted by atomic mass is 16.5. The van der Waals surface area contributed by atoms with Crippen molar-refractivity contribution in [2.75, 3.05) is 7.11 Å². The molecule has 0 saturated carbocycles. The first-order valence-corrected chi connectivity index (χ1v) is 7.56. The van der Waals surface area contributed by atoms with E-state index in [9.17, 15) is 4.79 Å². The van der Waals surface area contributed by atoms with Crippen molar-refractivity contribution in [2.24, 2.45) is 0 Å². The largest absolute Gasteiger partial charge is 0.497 e. The molecule has 0 aliphatic heterocycles. The maximum Gasteiger partial charge on any atom is 0.224 e. The zero-order valence-corrected chi connectivity index (χ0v) is 13.2. The molecular formula is C19H19NO3. The number of hydrogen-bond donors (Lipinski definition) is 1. The van der Waals surface area contributed by atoms with Gasteiger partial charge in [0.15, 0.2) is 0 Å². The molecule has 1 unspecified atom stereocenters. The fourth-order valence-corrected chi connectivity index (χ4v) is 2.51. The molecule has 23 heavy (non-hydrogen) atoms. The van der Waals surface area contributed by atoms with Gasteiger partial charge in [-0.3, -0.25) is 4.79 Å². The lowest BCUT2D eigenvalue weighted by Gasteiger charge is -2.11. The Morgan fingerprint density at radius 1 is 1.17 bits per heavy atom. The van der Waals surface area contributed by atoms with Crippen molar-refractivity contribution in [1.29, 1.82) is 0 Å². The number of amides is 1. The maximum absolute atomic E-state index is 12.2. The molecule has 3 aromatic rings. The zero-order chi connectivity index (χ0) is 16.2. The number of methoxy groups -OCH3 is 1. The van der Waals surface area contributed by atoms with Crippen LogP contribution in [0.15, 0.2) is 59.0 Å². The van der Waals surface area contributed by atoms with Crippen LogP contribution >= 0.6 is 0 Å². The van der Waals surface area contributed by atoms with E-state index < -0.39 is 0 Å². The summed E-state index contributed by atoms with van der Waals surface area (Å²) in [4.78, 5) is 12.2. The number of fused-ring (bicyclic) bond motifs is 1. The van der Waals surface area contributed by atoms with Gasteiger partial charge in [-0.05, 0) is 36.8 Å². The van der Waals surface area contributed by atoms with E-state index in [0.717, 1.165) is 28.0 Å². The van der Waals surface area contributed by atoms with Crippen LogP contribution in [0.2, 0.25) is 0 Å². The Balaban J connectivity index is 1.64. The van der Waals surface area contributed by atoms with Gasteiger partial charge in [-0.2, -0.15) is 0 Å². The van der Waals surface area contributed by atoms with Gasteiger partial charge in [0.2, 0.25) is 5.91 Å². The Labute approximate surface area is 135 Å². The van der Waals surface area contributed by atoms with Crippen molar-refractivity contribution in [3.63, 3.8) is 0 Å². The van der Waals surface area contributed by atoms with Gasteiger partial charge in [0.25, 0.3) is 0 Å². The molecule has 0 saturated heterocycles. The third kappa shape index (κ3) is 3.54. The van der Waals surface area contributed by atoms with Crippen molar-refractivity contribution in [3.05, 3.63) is 65.9 Å². The van der Waals surface area contributed by atoms with E-state index in [1.807, 2.05) is 61.5 Å². The number of rotatable bonds is 5. The number of ether oxygens (including phenoxy) is 1. The van der Waals surface area contributed by atoms with Crippen molar-refractivity contribution >= 4 is 16.9 Å². The van der Waals surface area contributed by atoms with Crippen LogP contribution in [0, 0.1) is 0 Å². The highest BCUT2D eigenvalue weighted by Gasteiger charge is 2.14. The van der Waals surface area contributed by atoms with Crippen LogP contribution in [-0.4, -0.2) is 13.0 Å². The molecule has 1 atom stereocenters. The quantitative estimate of drug-likeness (QED) is 0.778. The number of hydrogen-bond acceptors (Lipinski definition) is 3. The summed E-state index contributed by atoms with van der Waals surface area (Å²) in [7, 11) is 1.62. The third-order valence-corrected chi connectivity index (χ3v) is 3.77. The van der Waals surface area contributed by atoms with Gasteiger partial charge in [0.1, 0.15) is 17.1 Å². The van der Waals surface area contributed by atoms with E-state index in [1.54, 1.807) is 7.11 Å². The number of furan rings is 1. The Morgan fingerprint density at radius 3 is 2.61 bits per heavy atom. The predicted molar refractivity (Wildman–Crippen MR) is 89.5 cm³/mol. The number of carbonyl (C=O) groups excluding carboxylic acids is 1. The third-order valence-electron chi connectivity index (χ3n) is 3.77. The van der Waals surface area contributed by atoms with Gasteiger partial charge in [-0.25, -0.2) is 0 Å². The van der Waals surface area contributed by atoms with E-state index in [2.05, 4.69) is 5.32 Å². The second kappa shape index (κ2) is 6.57. The van der Waals surface area contributed by atoms with E-state index in [-0.39, 0.29) is 11.9 Å². The second-order valence-corrected chi connectivity index (χ2v) is 5.50. The highest BCUT2D eigenvalue weighted by Crippen LogP contribution is 2.23. The minimum absolute atomic E-state index is 0.0388. The van der Waals surface area contributed by atoms with E-state index in [1.165, 1.54) is 0 Å². The number of para-hydroxylation sites is 1. The smallest absolute Gasteiger partial charge is 0.224 e. The van der Waals surface area contributed by atoms with Crippen LogP contribution in [0.25, 0.3) is 11.0 Å². The molecule has 4 heteroatoms. The molecular weight excluding hydrogens is 290 g/mol. The zero-order valence-electron chi connectivity index (χ0n) is 13.2. The van der Waals surface area contributed by atoms with Crippen LogP contribution in [-0.2, 0) is 11.2 Å². The predicted octanol–water partition coefficient (Wildman–Crippen LogP) is 3.86. The average Bonchev–Trinajstić information content (AvgIpc) is 2.99. The van der Waals surface area contributed by atoms with Gasteiger partial charge in [-0.15, -0.1) is 0 Å². The monoisotopic (exact) mass is 309 g/mol. The Morgan fingerprint density at radius 2 is 1.91 bits per heavy atom. The van der Waals surface area contributed by atoms with E-state index in [4.69, 9.17) is 9.15 Å². The first kappa shape index (κ1) is 15.2. The normalized spacial score (nSPS) is 12.1. The summed E-state index contributed by atoms with van der Waals surface area (Å²) >= 11 is 0. The molecule has 0 fully saturated rings. The summed E-state index contributed by atoms with van der Waals surface area (Å²) in [5.74, 6) is 1.50. The van der Waals surface area contributed by atoms with Gasteiger partial charge >= 0.3 is 0 Å². The molecule has 3 rings (SSSR count). The average molecular weight is 309 g/mol. The Kier molecular flexibility index (Phi) is 4.33. The summed E-state index contributed by atoms with van der Waals surface area (Å²) < 4.78 is 10.9. The number of benzene rings is 2. The molecule has 1 aromatic heterocycles. The minimum Gasteiger partial charge on any atom is -0.497 e. The summed E-state index contributed by atoms with van der Waals surface area (Å²) in [6.45, 7) is 1.92. The van der Waals surface area contributed by atoms with Gasteiger partial charge < -0.3 is 14.5 Å². The molecule has 0 spiro atoms. The summed E-state index contributed by atoms with van der Waals surface area (Å²) in [5, 5.41) is 4.01. The maximum atomic E-state index is 12.2. The first-order valence-electron chi connectivity index (χ1n) is 7.56. The summed E-state index contributed by atoms with van der Waals surface area (Å²) in [6, 6.07) is 17.1. The minimum atomic E-state index is -0.173. The van der Waals surface area contributed by atoms with E-state index in [0.29, 0.717) is 6.42 Å². The fraction of sp³-hybridized carbons (Fsp3) is 0.211. The van der Waals surface area contributed by atoms with Crippen LogP contribution < -0.4 is 10.1 Å². The van der Waals surface area contributed by atoms with Crippen LogP contribution in [0.5, 0.6) is 5.75 Å². The standard InChI is InChI=1S/C19H19NO3/c1-13(18-12-15-5-3-4-6-17(15)23-18)20-19(21)11-14-7-9-16(22-2)10-8-14/h3-10,12-13H,11H2,1-2H3,(H,20,21). The van der Waals surface area contributed by atoms with Crippen molar-refractivity contribution in [2.45, 2.75) is 19.4 Å². The highest BCUT2D eigenvalue weighted by molar-refractivity contribution is 5.80. The molecule has 1 amide bonds. The lowest BCUT2D eigenvalue weighted by Crippen LogP contribution is -2.27. The molecule has 1 heterocycles. The van der Waals surface area contributed by atoms with Crippen LogP contribution in [0.1, 0.15) is 24.3 Å². The fourth-order valence-electron chi connectivity index (χ4n) is 2.51. The van der Waals surface area contributed by atoms with Crippen molar-refractivity contribution in [1.82, 2.24) is 5.32 Å². The van der Waals surface area contributed by atoms with Crippen molar-refractivity contribution in [3.8, 4) is 5.75 Å². The van der Waals surface area contributed by atoms with Gasteiger partial charge in [-0.1, -0.05) is 30.3 Å². The molecule has 0 aliphatic carbocycles. The van der Waals surface area contributed by atoms with Crippen LogP contribution in [0.4, 0.5) is 0 Å². The Hall–Kier alpha value is -2.75. The summed E-state index contributed by atoms with van der Waals surface area (Å²) in [6.07, 6.45) is 0.328. The lowest BCUT2D eigenvalue weighted by molar-refractivity contribution is -0.121. The molecule has 1 N–H and O–H groups in total. The van der Waals surface area contributed by atoms with Gasteiger partial charge in [0.05, 0.1) is 19.6 Å². The molecule has 4 nitrogen and oxygen atoms in total. The topological polar surface area (TPSA) is 51.5 Å². The molecule has 2 aromatic carbocycles. The van der Waals surface area contributed by atoms with E-state index >= 15 is 0 Å². The molecule has 0 bridgehead atoms. The number of nitrogens with one attached hydrogen (secondary N) is 1. The molecule has 0 aliphatic rings. The Bertz CT molecular complexity index is 772. The van der Waals surface area contributed by atoms with Gasteiger partial charge in [0, 0.05) is 5.39 Å². The second-order valence-electron chi connectivity index (χ2n) is 5.50. The SMILES string of the molecule is COc1ccc(CC(=O)NC(C)c2cc3ccccc3o2)cc1. The first-order chi connectivity index (χ1) is 11.2. The molecule has 118 valence electrons. The molecule has 0 radical (unpaired) electrons. The summed E-state index contributed by atoms with van der Waals surface area (Å²) in [5.41, 5.74) is 1.78. The van der Waals surface area contributed by atoms with Crippen LogP contribution in [0.3, 0.4) is 0 Å².